The Hall–Kier alpha value is -1.46. The molecule has 2 aromatic rings. The summed E-state index contributed by atoms with van der Waals surface area (Å²) in [7, 11) is 0. The van der Waals surface area contributed by atoms with Gasteiger partial charge in [-0.2, -0.15) is 5.10 Å². The fraction of sp³-hybridized carbons (Fsp3) is 0. The Morgan fingerprint density at radius 2 is 2.00 bits per heavy atom. The number of nitrogens with one attached hydrogen (secondary N) is 1. The predicted molar refractivity (Wildman–Crippen MR) is 66.0 cm³/mol. The van der Waals surface area contributed by atoms with E-state index >= 15 is 0 Å². The lowest BCUT2D eigenvalue weighted by atomic mass is 10.2. The molecule has 0 spiro atoms. The van der Waals surface area contributed by atoms with E-state index in [-0.39, 0.29) is 30.8 Å². The number of aromatic nitrogens is 2. The zero-order chi connectivity index (χ0) is 9.42. The fourth-order valence-electron chi connectivity index (χ4n) is 1.17. The van der Waals surface area contributed by atoms with Crippen molar-refractivity contribution in [2.45, 2.75) is 0 Å². The highest BCUT2D eigenvalue weighted by atomic mass is 35.5. The molecule has 0 saturated heterocycles. The van der Waals surface area contributed by atoms with Crippen LogP contribution in [0.4, 0.5) is 5.69 Å². The van der Waals surface area contributed by atoms with E-state index in [2.05, 4.69) is 5.10 Å². The van der Waals surface area contributed by atoms with Gasteiger partial charge in [0.15, 0.2) is 0 Å². The van der Waals surface area contributed by atoms with Crippen LogP contribution in [-0.4, -0.2) is 15.7 Å². The molecule has 0 amide bonds. The molecule has 0 aliphatic rings. The van der Waals surface area contributed by atoms with Crippen LogP contribution in [0.3, 0.4) is 0 Å². The Morgan fingerprint density at radius 3 is 2.60 bits per heavy atom. The van der Waals surface area contributed by atoms with E-state index in [9.17, 15) is 0 Å². The number of halogens is 2. The maximum Gasteiger partial charge on any atom is 0.213 e. The third kappa shape index (κ3) is 2.51. The Kier molecular flexibility index (Phi) is 4.39. The molecule has 0 fully saturated rings. The van der Waals surface area contributed by atoms with Gasteiger partial charge in [0.1, 0.15) is 0 Å². The van der Waals surface area contributed by atoms with Gasteiger partial charge in [-0.25, -0.2) is 4.68 Å². The highest BCUT2D eigenvalue weighted by Crippen LogP contribution is 2.14. The average Bonchev–Trinajstić information content (AvgIpc) is 2.46. The van der Waals surface area contributed by atoms with Crippen molar-refractivity contribution in [3.8, 4) is 0 Å². The van der Waals surface area contributed by atoms with Gasteiger partial charge in [-0.3, -0.25) is 5.41 Å². The number of hydrogen-bond donors (Lipinski definition) is 3. The van der Waals surface area contributed by atoms with Crippen LogP contribution in [0, 0.1) is 5.41 Å². The molecule has 1 aromatic heterocycles. The third-order valence-electron chi connectivity index (χ3n) is 1.78. The van der Waals surface area contributed by atoms with Crippen molar-refractivity contribution in [3.63, 3.8) is 0 Å². The summed E-state index contributed by atoms with van der Waals surface area (Å²) in [5.74, 6) is -0.102. The Labute approximate surface area is 98.8 Å². The largest absolute Gasteiger partial charge is 0.399 e. The molecule has 1 aromatic carbocycles. The van der Waals surface area contributed by atoms with Gasteiger partial charge in [0.25, 0.3) is 0 Å². The zero-order valence-corrected chi connectivity index (χ0v) is 9.31. The summed E-state index contributed by atoms with van der Waals surface area (Å²) in [5, 5.41) is 12.1. The molecular formula is C8H11Cl2N5. The number of nitrogens with two attached hydrogens (primary N) is 2. The van der Waals surface area contributed by atoms with Crippen molar-refractivity contribution in [2.24, 2.45) is 5.73 Å². The molecule has 5 nitrogen and oxygen atoms in total. The van der Waals surface area contributed by atoms with Crippen molar-refractivity contribution >= 4 is 47.4 Å². The number of benzene rings is 1. The van der Waals surface area contributed by atoms with E-state index in [4.69, 9.17) is 16.9 Å². The van der Waals surface area contributed by atoms with Gasteiger partial charge in [-0.15, -0.1) is 24.8 Å². The quantitative estimate of drug-likeness (QED) is 0.371. The third-order valence-corrected chi connectivity index (χ3v) is 1.78. The lowest BCUT2D eigenvalue weighted by molar-refractivity contribution is 0.928. The molecule has 15 heavy (non-hydrogen) atoms. The minimum atomic E-state index is -0.102. The van der Waals surface area contributed by atoms with Gasteiger partial charge in [0.2, 0.25) is 5.96 Å². The number of rotatable bonds is 0. The van der Waals surface area contributed by atoms with Crippen LogP contribution in [0.25, 0.3) is 10.9 Å². The molecular weight excluding hydrogens is 237 g/mol. The maximum absolute atomic E-state index is 7.17. The summed E-state index contributed by atoms with van der Waals surface area (Å²) >= 11 is 0. The lowest BCUT2D eigenvalue weighted by Crippen LogP contribution is -2.20. The van der Waals surface area contributed by atoms with Crippen molar-refractivity contribution in [3.05, 3.63) is 24.4 Å². The average molecular weight is 248 g/mol. The summed E-state index contributed by atoms with van der Waals surface area (Å²) in [5.41, 5.74) is 12.3. The highest BCUT2D eigenvalue weighted by Gasteiger charge is 2.01. The number of nitrogen functional groups attached to an aromatic ring is 2. The smallest absolute Gasteiger partial charge is 0.213 e. The summed E-state index contributed by atoms with van der Waals surface area (Å²) in [6, 6.07) is 5.35. The SMILES string of the molecule is Cl.Cl.N=C(N)n1cc2cc(N)ccc2n1. The normalized spacial score (nSPS) is 9.07. The first kappa shape index (κ1) is 13.5. The van der Waals surface area contributed by atoms with E-state index in [1.165, 1.54) is 4.68 Å². The number of nitrogens with zero attached hydrogens (tertiary/aromatic N) is 2. The van der Waals surface area contributed by atoms with E-state index in [0.717, 1.165) is 10.9 Å². The summed E-state index contributed by atoms with van der Waals surface area (Å²) < 4.78 is 1.31. The molecule has 0 saturated carbocycles. The monoisotopic (exact) mass is 247 g/mol. The number of anilines is 1. The molecule has 0 bridgehead atoms. The standard InChI is InChI=1S/C8H9N5.2ClH/c9-6-1-2-7-5(3-6)4-13(12-7)8(10)11;;/h1-4H,9H2,(H3,10,11);2*1H. The highest BCUT2D eigenvalue weighted by molar-refractivity contribution is 5.86. The first-order valence-corrected chi connectivity index (χ1v) is 3.76. The van der Waals surface area contributed by atoms with Crippen LogP contribution in [0.5, 0.6) is 0 Å². The second kappa shape index (κ2) is 4.86. The van der Waals surface area contributed by atoms with Crippen LogP contribution in [0.15, 0.2) is 24.4 Å². The van der Waals surface area contributed by atoms with Crippen LogP contribution in [-0.2, 0) is 0 Å². The first-order chi connectivity index (χ1) is 6.16. The van der Waals surface area contributed by atoms with Crippen LogP contribution in [0.1, 0.15) is 0 Å². The van der Waals surface area contributed by atoms with Crippen molar-refractivity contribution < 1.29 is 0 Å². The lowest BCUT2D eigenvalue weighted by Gasteiger charge is -1.91. The Balaban J connectivity index is 0.000000980. The molecule has 2 rings (SSSR count). The molecule has 82 valence electrons. The Morgan fingerprint density at radius 1 is 1.33 bits per heavy atom. The second-order valence-electron chi connectivity index (χ2n) is 2.78. The van der Waals surface area contributed by atoms with Gasteiger partial charge in [0, 0.05) is 17.3 Å². The van der Waals surface area contributed by atoms with E-state index in [1.807, 2.05) is 0 Å². The van der Waals surface area contributed by atoms with Gasteiger partial charge in [0.05, 0.1) is 5.52 Å². The molecule has 0 aliphatic heterocycles. The van der Waals surface area contributed by atoms with Crippen molar-refractivity contribution in [1.29, 1.82) is 5.41 Å². The van der Waals surface area contributed by atoms with E-state index in [0.29, 0.717) is 5.69 Å². The van der Waals surface area contributed by atoms with Gasteiger partial charge >= 0.3 is 0 Å². The second-order valence-corrected chi connectivity index (χ2v) is 2.78. The minimum Gasteiger partial charge on any atom is -0.399 e. The summed E-state index contributed by atoms with van der Waals surface area (Å²) in [6.45, 7) is 0. The van der Waals surface area contributed by atoms with Gasteiger partial charge in [-0.1, -0.05) is 0 Å². The number of hydrogen-bond acceptors (Lipinski definition) is 3. The van der Waals surface area contributed by atoms with Gasteiger partial charge in [-0.05, 0) is 18.2 Å². The first-order valence-electron chi connectivity index (χ1n) is 3.76. The zero-order valence-electron chi connectivity index (χ0n) is 7.68. The topological polar surface area (TPSA) is 93.7 Å². The van der Waals surface area contributed by atoms with Crippen LogP contribution < -0.4 is 11.5 Å². The molecule has 0 atom stereocenters. The van der Waals surface area contributed by atoms with Crippen molar-refractivity contribution in [1.82, 2.24) is 9.78 Å². The summed E-state index contributed by atoms with van der Waals surface area (Å²) in [6.07, 6.45) is 1.67. The number of fused-ring (bicyclic) bond motifs is 1. The maximum atomic E-state index is 7.17. The van der Waals surface area contributed by atoms with Gasteiger partial charge < -0.3 is 11.5 Å². The van der Waals surface area contributed by atoms with Crippen molar-refractivity contribution in [2.75, 3.05) is 5.73 Å². The molecule has 0 radical (unpaired) electrons. The molecule has 7 heteroatoms. The van der Waals surface area contributed by atoms with Crippen LogP contribution >= 0.6 is 24.8 Å². The molecule has 5 N–H and O–H groups in total. The predicted octanol–water partition coefficient (Wildman–Crippen LogP) is 1.20. The fourth-order valence-corrected chi connectivity index (χ4v) is 1.17. The van der Waals surface area contributed by atoms with E-state index in [1.54, 1.807) is 24.4 Å². The van der Waals surface area contributed by atoms with Crippen LogP contribution in [0.2, 0.25) is 0 Å². The molecule has 0 unspecified atom stereocenters. The molecule has 1 heterocycles. The van der Waals surface area contributed by atoms with E-state index < -0.39 is 0 Å². The Bertz CT molecular complexity index is 479. The summed E-state index contributed by atoms with van der Waals surface area (Å²) in [4.78, 5) is 0. The minimum absolute atomic E-state index is 0. The molecule has 0 aliphatic carbocycles.